The third-order valence-corrected chi connectivity index (χ3v) is 3.65. The first-order valence-corrected chi connectivity index (χ1v) is 5.95. The van der Waals surface area contributed by atoms with Crippen LogP contribution in [0, 0.1) is 17.2 Å². The van der Waals surface area contributed by atoms with Gasteiger partial charge in [0.1, 0.15) is 5.78 Å². The minimum atomic E-state index is 0.231. The van der Waals surface area contributed by atoms with Crippen molar-refractivity contribution in [3.63, 3.8) is 0 Å². The van der Waals surface area contributed by atoms with E-state index in [-0.39, 0.29) is 5.92 Å². The molecule has 0 aromatic carbocycles. The van der Waals surface area contributed by atoms with Crippen molar-refractivity contribution in [1.82, 2.24) is 5.32 Å². The molecule has 3 nitrogen and oxygen atoms in total. The summed E-state index contributed by atoms with van der Waals surface area (Å²) in [5.41, 5.74) is 0. The molecule has 0 amide bonds. The second kappa shape index (κ2) is 4.76. The SMILES string of the molecule is N#CCCC(=O)C1CC2CCCC(C1)N2. The van der Waals surface area contributed by atoms with E-state index < -0.39 is 0 Å². The molecule has 82 valence electrons. The van der Waals surface area contributed by atoms with Crippen molar-refractivity contribution in [2.24, 2.45) is 5.92 Å². The average molecular weight is 206 g/mol. The Labute approximate surface area is 90.8 Å². The van der Waals surface area contributed by atoms with Crippen molar-refractivity contribution in [3.8, 4) is 6.07 Å². The summed E-state index contributed by atoms with van der Waals surface area (Å²) >= 11 is 0. The van der Waals surface area contributed by atoms with Gasteiger partial charge in [-0.15, -0.1) is 0 Å². The number of hydrogen-bond donors (Lipinski definition) is 1. The van der Waals surface area contributed by atoms with E-state index in [1.807, 2.05) is 0 Å². The molecule has 15 heavy (non-hydrogen) atoms. The molecule has 0 aromatic heterocycles. The monoisotopic (exact) mass is 206 g/mol. The molecule has 2 atom stereocenters. The number of rotatable bonds is 3. The van der Waals surface area contributed by atoms with Gasteiger partial charge >= 0.3 is 0 Å². The molecule has 2 bridgehead atoms. The zero-order valence-electron chi connectivity index (χ0n) is 9.04. The number of nitriles is 1. The number of ketones is 1. The second-order valence-electron chi connectivity index (χ2n) is 4.78. The van der Waals surface area contributed by atoms with Crippen LogP contribution in [-0.4, -0.2) is 17.9 Å². The van der Waals surface area contributed by atoms with Gasteiger partial charge < -0.3 is 5.32 Å². The van der Waals surface area contributed by atoms with Gasteiger partial charge in [-0.25, -0.2) is 0 Å². The van der Waals surface area contributed by atoms with Crippen LogP contribution in [0.4, 0.5) is 0 Å². The molecule has 2 unspecified atom stereocenters. The van der Waals surface area contributed by atoms with Crippen LogP contribution in [0.3, 0.4) is 0 Å². The molecular weight excluding hydrogens is 188 g/mol. The Kier molecular flexibility index (Phi) is 3.37. The highest BCUT2D eigenvalue weighted by Crippen LogP contribution is 2.30. The summed E-state index contributed by atoms with van der Waals surface area (Å²) in [6, 6.07) is 3.18. The lowest BCUT2D eigenvalue weighted by molar-refractivity contribution is -0.124. The fraction of sp³-hybridized carbons (Fsp3) is 0.833. The van der Waals surface area contributed by atoms with E-state index in [0.717, 1.165) is 12.8 Å². The lowest BCUT2D eigenvalue weighted by atomic mass is 9.78. The summed E-state index contributed by atoms with van der Waals surface area (Å²) in [5, 5.41) is 12.0. The van der Waals surface area contributed by atoms with Crippen molar-refractivity contribution in [1.29, 1.82) is 5.26 Å². The Bertz CT molecular complexity index is 270. The summed E-state index contributed by atoms with van der Waals surface area (Å²) < 4.78 is 0. The molecule has 0 aromatic rings. The molecule has 0 aliphatic carbocycles. The van der Waals surface area contributed by atoms with Gasteiger partial charge in [0.2, 0.25) is 0 Å². The van der Waals surface area contributed by atoms with Crippen molar-refractivity contribution in [2.75, 3.05) is 0 Å². The van der Waals surface area contributed by atoms with Crippen LogP contribution >= 0.6 is 0 Å². The van der Waals surface area contributed by atoms with Crippen LogP contribution in [0.25, 0.3) is 0 Å². The minimum Gasteiger partial charge on any atom is -0.311 e. The van der Waals surface area contributed by atoms with Gasteiger partial charge in [0, 0.05) is 30.8 Å². The maximum atomic E-state index is 11.8. The molecule has 0 saturated carbocycles. The fourth-order valence-electron chi connectivity index (χ4n) is 2.91. The number of Topliss-reactive ketones (excluding diaryl/α,β-unsaturated/α-hetero) is 1. The van der Waals surface area contributed by atoms with Gasteiger partial charge in [-0.05, 0) is 25.7 Å². The van der Waals surface area contributed by atoms with Gasteiger partial charge in [-0.2, -0.15) is 5.26 Å². The molecule has 2 fully saturated rings. The highest BCUT2D eigenvalue weighted by Gasteiger charge is 2.33. The summed E-state index contributed by atoms with van der Waals surface area (Å²) in [6.45, 7) is 0. The fourth-order valence-corrected chi connectivity index (χ4v) is 2.91. The molecule has 0 radical (unpaired) electrons. The van der Waals surface area contributed by atoms with E-state index in [9.17, 15) is 4.79 Å². The Balaban J connectivity index is 1.88. The molecule has 3 heteroatoms. The van der Waals surface area contributed by atoms with E-state index >= 15 is 0 Å². The number of carbonyl (C=O) groups excluding carboxylic acids is 1. The van der Waals surface area contributed by atoms with E-state index in [1.165, 1.54) is 19.3 Å². The predicted octanol–water partition coefficient (Wildman–Crippen LogP) is 1.78. The standard InChI is InChI=1S/C12H18N2O/c13-6-2-5-12(15)9-7-10-3-1-4-11(8-9)14-10/h9-11,14H,1-5,7-8H2. The van der Waals surface area contributed by atoms with Gasteiger partial charge in [0.15, 0.2) is 0 Å². The second-order valence-corrected chi connectivity index (χ2v) is 4.78. The first-order valence-electron chi connectivity index (χ1n) is 5.95. The Morgan fingerprint density at radius 1 is 1.33 bits per heavy atom. The topological polar surface area (TPSA) is 52.9 Å². The molecule has 0 spiro atoms. The summed E-state index contributed by atoms with van der Waals surface area (Å²) in [4.78, 5) is 11.8. The van der Waals surface area contributed by atoms with Crippen LogP contribution in [0.2, 0.25) is 0 Å². The van der Waals surface area contributed by atoms with Crippen molar-refractivity contribution >= 4 is 5.78 Å². The number of hydrogen-bond acceptors (Lipinski definition) is 3. The number of carbonyl (C=O) groups is 1. The number of fused-ring (bicyclic) bond motifs is 2. The highest BCUT2D eigenvalue weighted by atomic mass is 16.1. The maximum Gasteiger partial charge on any atom is 0.137 e. The van der Waals surface area contributed by atoms with Crippen LogP contribution in [0.15, 0.2) is 0 Å². The number of piperidine rings is 2. The lowest BCUT2D eigenvalue weighted by Crippen LogP contribution is -2.50. The highest BCUT2D eigenvalue weighted by molar-refractivity contribution is 5.81. The third-order valence-electron chi connectivity index (χ3n) is 3.65. The average Bonchev–Trinajstić information content (AvgIpc) is 2.25. The van der Waals surface area contributed by atoms with Crippen molar-refractivity contribution < 1.29 is 4.79 Å². The molecule has 2 rings (SSSR count). The summed E-state index contributed by atoms with van der Waals surface area (Å²) in [7, 11) is 0. The zero-order valence-corrected chi connectivity index (χ0v) is 9.04. The molecule has 2 heterocycles. The van der Waals surface area contributed by atoms with E-state index in [2.05, 4.69) is 11.4 Å². The summed E-state index contributed by atoms with van der Waals surface area (Å²) in [6.07, 6.45) is 6.60. The van der Waals surface area contributed by atoms with Gasteiger partial charge in [-0.3, -0.25) is 4.79 Å². The van der Waals surface area contributed by atoms with E-state index in [1.54, 1.807) is 0 Å². The van der Waals surface area contributed by atoms with Crippen LogP contribution in [-0.2, 0) is 4.79 Å². The molecule has 1 N–H and O–H groups in total. The molecule has 2 saturated heterocycles. The first-order chi connectivity index (χ1) is 7.29. The normalized spacial score (nSPS) is 34.5. The summed E-state index contributed by atoms with van der Waals surface area (Å²) in [5.74, 6) is 0.546. The molecule has 2 aliphatic heterocycles. The predicted molar refractivity (Wildman–Crippen MR) is 57.1 cm³/mol. The lowest BCUT2D eigenvalue weighted by Gasteiger charge is -2.39. The number of nitrogens with zero attached hydrogens (tertiary/aromatic N) is 1. The first kappa shape index (κ1) is 10.6. The molecular formula is C12H18N2O. The molecule has 2 aliphatic rings. The van der Waals surface area contributed by atoms with E-state index in [0.29, 0.717) is 30.7 Å². The van der Waals surface area contributed by atoms with Crippen molar-refractivity contribution in [3.05, 3.63) is 0 Å². The Morgan fingerprint density at radius 3 is 2.60 bits per heavy atom. The van der Waals surface area contributed by atoms with Gasteiger partial charge in [0.05, 0.1) is 6.07 Å². The van der Waals surface area contributed by atoms with Crippen LogP contribution in [0.5, 0.6) is 0 Å². The maximum absolute atomic E-state index is 11.8. The Morgan fingerprint density at radius 2 is 2.00 bits per heavy atom. The van der Waals surface area contributed by atoms with Crippen molar-refractivity contribution in [2.45, 2.75) is 57.0 Å². The largest absolute Gasteiger partial charge is 0.311 e. The minimum absolute atomic E-state index is 0.231. The van der Waals surface area contributed by atoms with Gasteiger partial charge in [-0.1, -0.05) is 6.42 Å². The zero-order chi connectivity index (χ0) is 10.7. The van der Waals surface area contributed by atoms with Crippen LogP contribution < -0.4 is 5.32 Å². The number of nitrogens with one attached hydrogen (secondary N) is 1. The van der Waals surface area contributed by atoms with E-state index in [4.69, 9.17) is 5.26 Å². The smallest absolute Gasteiger partial charge is 0.137 e. The van der Waals surface area contributed by atoms with Gasteiger partial charge in [0.25, 0.3) is 0 Å². The third kappa shape index (κ3) is 2.57. The Hall–Kier alpha value is -0.880. The van der Waals surface area contributed by atoms with Crippen LogP contribution in [0.1, 0.15) is 44.9 Å². The quantitative estimate of drug-likeness (QED) is 0.765.